The van der Waals surface area contributed by atoms with Gasteiger partial charge in [0.1, 0.15) is 0 Å². The second kappa shape index (κ2) is 8.22. The fourth-order valence-corrected chi connectivity index (χ4v) is 2.69. The molecule has 3 rings (SSSR count). The van der Waals surface area contributed by atoms with Gasteiger partial charge in [-0.15, -0.1) is 0 Å². The van der Waals surface area contributed by atoms with Crippen LogP contribution in [0.1, 0.15) is 11.1 Å². The molecular weight excluding hydrogens is 314 g/mol. The average Bonchev–Trinajstić information content (AvgIpc) is 2.64. The van der Waals surface area contributed by atoms with Gasteiger partial charge in [-0.2, -0.15) is 0 Å². The molecule has 0 atom stereocenters. The lowest BCUT2D eigenvalue weighted by molar-refractivity contribution is 0.412. The zero-order valence-electron chi connectivity index (χ0n) is 13.3. The lowest BCUT2D eigenvalue weighted by Crippen LogP contribution is -2.33. The summed E-state index contributed by atoms with van der Waals surface area (Å²) in [6.45, 7) is 1.45. The minimum Gasteiger partial charge on any atom is -0.340 e. The predicted molar refractivity (Wildman–Crippen MR) is 103 cm³/mol. The van der Waals surface area contributed by atoms with Crippen LogP contribution in [-0.2, 0) is 13.1 Å². The molecule has 0 saturated carbocycles. The number of hydrogen-bond donors (Lipinski definition) is 1. The number of aromatic nitrogens is 1. The summed E-state index contributed by atoms with van der Waals surface area (Å²) >= 11 is 5.65. The van der Waals surface area contributed by atoms with Gasteiger partial charge in [-0.3, -0.25) is 4.98 Å². The van der Waals surface area contributed by atoms with Gasteiger partial charge >= 0.3 is 0 Å². The number of pyridine rings is 1. The molecule has 3 aromatic rings. The molecule has 4 heteroatoms. The molecule has 120 valence electrons. The van der Waals surface area contributed by atoms with E-state index in [9.17, 15) is 0 Å². The Balaban J connectivity index is 1.76. The van der Waals surface area contributed by atoms with Crippen LogP contribution in [0.15, 0.2) is 85.2 Å². The van der Waals surface area contributed by atoms with E-state index < -0.39 is 0 Å². The number of nitrogens with one attached hydrogen (secondary N) is 1. The molecule has 0 bridgehead atoms. The first-order chi connectivity index (χ1) is 11.8. The summed E-state index contributed by atoms with van der Waals surface area (Å²) < 4.78 is 0. The third kappa shape index (κ3) is 4.64. The van der Waals surface area contributed by atoms with Crippen LogP contribution in [0, 0.1) is 0 Å². The van der Waals surface area contributed by atoms with Crippen LogP contribution in [0.4, 0.5) is 5.69 Å². The minimum atomic E-state index is 0.703. The maximum absolute atomic E-state index is 5.65. The number of hydrogen-bond acceptors (Lipinski definition) is 2. The summed E-state index contributed by atoms with van der Waals surface area (Å²) in [7, 11) is 0. The van der Waals surface area contributed by atoms with E-state index >= 15 is 0 Å². The Labute approximate surface area is 148 Å². The van der Waals surface area contributed by atoms with Gasteiger partial charge in [-0.1, -0.05) is 54.6 Å². The number of thiocarbonyl (C=S) groups is 1. The standard InChI is InChI=1S/C20H19N3S/c24-20(22-19-11-5-2-6-12-19)23(15-17-8-3-1-4-9-17)16-18-10-7-13-21-14-18/h1-14H,15-16H2,(H,22,24). The van der Waals surface area contributed by atoms with Gasteiger partial charge in [0.05, 0.1) is 0 Å². The van der Waals surface area contributed by atoms with E-state index in [0.717, 1.165) is 17.8 Å². The number of anilines is 1. The third-order valence-corrected chi connectivity index (χ3v) is 3.99. The zero-order valence-corrected chi connectivity index (χ0v) is 14.1. The fraction of sp³-hybridized carbons (Fsp3) is 0.100. The van der Waals surface area contributed by atoms with Crippen LogP contribution < -0.4 is 5.32 Å². The van der Waals surface area contributed by atoms with Gasteiger partial charge in [0.15, 0.2) is 5.11 Å². The Morgan fingerprint density at radius 3 is 2.12 bits per heavy atom. The van der Waals surface area contributed by atoms with Crippen molar-refractivity contribution in [2.45, 2.75) is 13.1 Å². The molecule has 24 heavy (non-hydrogen) atoms. The molecule has 2 aromatic carbocycles. The number of nitrogens with zero attached hydrogens (tertiary/aromatic N) is 2. The van der Waals surface area contributed by atoms with Crippen molar-refractivity contribution < 1.29 is 0 Å². The topological polar surface area (TPSA) is 28.2 Å². The first kappa shape index (κ1) is 16.1. The van der Waals surface area contributed by atoms with Gasteiger partial charge in [0, 0.05) is 31.2 Å². The van der Waals surface area contributed by atoms with Crippen LogP contribution in [0.5, 0.6) is 0 Å². The van der Waals surface area contributed by atoms with E-state index in [-0.39, 0.29) is 0 Å². The molecule has 0 fully saturated rings. The Hall–Kier alpha value is -2.72. The Kier molecular flexibility index (Phi) is 5.53. The minimum absolute atomic E-state index is 0.703. The largest absolute Gasteiger partial charge is 0.340 e. The summed E-state index contributed by atoms with van der Waals surface area (Å²) in [4.78, 5) is 6.35. The van der Waals surface area contributed by atoms with Crippen molar-refractivity contribution in [3.8, 4) is 0 Å². The van der Waals surface area contributed by atoms with E-state index in [4.69, 9.17) is 12.2 Å². The summed E-state index contributed by atoms with van der Waals surface area (Å²) in [6, 6.07) is 24.4. The SMILES string of the molecule is S=C(Nc1ccccc1)N(Cc1ccccc1)Cc1cccnc1. The Morgan fingerprint density at radius 2 is 1.46 bits per heavy atom. The van der Waals surface area contributed by atoms with Crippen LogP contribution in [0.25, 0.3) is 0 Å². The summed E-state index contributed by atoms with van der Waals surface area (Å²) in [5.74, 6) is 0. The van der Waals surface area contributed by atoms with Gasteiger partial charge in [0.25, 0.3) is 0 Å². The van der Waals surface area contributed by atoms with Crippen molar-refractivity contribution in [2.24, 2.45) is 0 Å². The predicted octanol–water partition coefficient (Wildman–Crippen LogP) is 4.48. The maximum atomic E-state index is 5.65. The van der Waals surface area contributed by atoms with E-state index in [1.54, 1.807) is 6.20 Å². The Bertz CT molecular complexity index is 719. The fourth-order valence-electron chi connectivity index (χ4n) is 2.44. The number of benzene rings is 2. The highest BCUT2D eigenvalue weighted by Crippen LogP contribution is 2.13. The summed E-state index contributed by atoms with van der Waals surface area (Å²) in [5.41, 5.74) is 3.34. The van der Waals surface area contributed by atoms with Crippen molar-refractivity contribution in [1.29, 1.82) is 0 Å². The van der Waals surface area contributed by atoms with Crippen molar-refractivity contribution in [3.63, 3.8) is 0 Å². The Morgan fingerprint density at radius 1 is 0.833 bits per heavy atom. The van der Waals surface area contributed by atoms with Crippen LogP contribution in [-0.4, -0.2) is 15.0 Å². The summed E-state index contributed by atoms with van der Waals surface area (Å²) in [6.07, 6.45) is 3.66. The van der Waals surface area contributed by atoms with E-state index in [1.165, 1.54) is 5.56 Å². The number of para-hydroxylation sites is 1. The first-order valence-electron chi connectivity index (χ1n) is 7.85. The highest BCUT2D eigenvalue weighted by Gasteiger charge is 2.11. The van der Waals surface area contributed by atoms with E-state index in [2.05, 4.69) is 33.4 Å². The van der Waals surface area contributed by atoms with E-state index in [0.29, 0.717) is 11.7 Å². The molecule has 0 saturated heterocycles. The van der Waals surface area contributed by atoms with E-state index in [1.807, 2.05) is 60.8 Å². The lowest BCUT2D eigenvalue weighted by atomic mass is 10.2. The molecule has 0 aliphatic rings. The van der Waals surface area contributed by atoms with Crippen molar-refractivity contribution in [1.82, 2.24) is 9.88 Å². The molecule has 0 radical (unpaired) electrons. The third-order valence-electron chi connectivity index (χ3n) is 3.62. The average molecular weight is 333 g/mol. The second-order valence-corrected chi connectivity index (χ2v) is 5.89. The van der Waals surface area contributed by atoms with Gasteiger partial charge in [-0.25, -0.2) is 0 Å². The van der Waals surface area contributed by atoms with Gasteiger partial charge < -0.3 is 10.2 Å². The molecule has 3 nitrogen and oxygen atoms in total. The molecule has 1 N–H and O–H groups in total. The smallest absolute Gasteiger partial charge is 0.174 e. The van der Waals surface area contributed by atoms with Crippen molar-refractivity contribution in [2.75, 3.05) is 5.32 Å². The molecule has 0 unspecified atom stereocenters. The zero-order chi connectivity index (χ0) is 16.6. The molecular formula is C20H19N3S. The molecule has 0 amide bonds. The maximum Gasteiger partial charge on any atom is 0.174 e. The molecule has 0 aliphatic heterocycles. The monoisotopic (exact) mass is 333 g/mol. The van der Waals surface area contributed by atoms with Crippen LogP contribution >= 0.6 is 12.2 Å². The molecule has 0 aliphatic carbocycles. The summed E-state index contributed by atoms with van der Waals surface area (Å²) in [5, 5.41) is 4.02. The van der Waals surface area contributed by atoms with Crippen LogP contribution in [0.3, 0.4) is 0 Å². The molecule has 0 spiro atoms. The quantitative estimate of drug-likeness (QED) is 0.697. The van der Waals surface area contributed by atoms with Crippen LogP contribution in [0.2, 0.25) is 0 Å². The lowest BCUT2D eigenvalue weighted by Gasteiger charge is -2.26. The van der Waals surface area contributed by atoms with Crippen molar-refractivity contribution in [3.05, 3.63) is 96.3 Å². The van der Waals surface area contributed by atoms with Gasteiger partial charge in [-0.05, 0) is 41.5 Å². The number of rotatable bonds is 5. The van der Waals surface area contributed by atoms with Crippen molar-refractivity contribution >= 4 is 23.0 Å². The van der Waals surface area contributed by atoms with Gasteiger partial charge in [0.2, 0.25) is 0 Å². The molecule has 1 heterocycles. The second-order valence-electron chi connectivity index (χ2n) is 5.50. The highest BCUT2D eigenvalue weighted by atomic mass is 32.1. The first-order valence-corrected chi connectivity index (χ1v) is 8.26. The molecule has 1 aromatic heterocycles. The highest BCUT2D eigenvalue weighted by molar-refractivity contribution is 7.80. The normalized spacial score (nSPS) is 10.2.